The zero-order chi connectivity index (χ0) is 15.6. The van der Waals surface area contributed by atoms with E-state index in [1.165, 1.54) is 0 Å². The van der Waals surface area contributed by atoms with Crippen LogP contribution in [0.2, 0.25) is 0 Å². The minimum absolute atomic E-state index is 0.00752. The fraction of sp³-hybridized carbons (Fsp3) is 0.294. The summed E-state index contributed by atoms with van der Waals surface area (Å²) < 4.78 is 5.98. The molecule has 0 saturated heterocycles. The Balaban J connectivity index is 2.42. The second kappa shape index (κ2) is 5.82. The Hall–Kier alpha value is -1.94. The molecule has 0 radical (unpaired) electrons. The number of thiocarbonyl (C=S) groups is 1. The molecule has 0 atom stereocenters. The molecule has 2 aromatic rings. The van der Waals surface area contributed by atoms with Gasteiger partial charge in [-0.05, 0) is 24.5 Å². The molecule has 0 aliphatic rings. The van der Waals surface area contributed by atoms with Gasteiger partial charge in [0.25, 0.3) is 0 Å². The molecule has 0 amide bonds. The van der Waals surface area contributed by atoms with Crippen LogP contribution in [0.15, 0.2) is 36.4 Å². The fourth-order valence-corrected chi connectivity index (χ4v) is 2.24. The first kappa shape index (κ1) is 15.4. The number of hydrogen-bond acceptors (Lipinski definition) is 3. The predicted octanol–water partition coefficient (Wildman–Crippen LogP) is 4.11. The van der Waals surface area contributed by atoms with Crippen LogP contribution in [0.5, 0.6) is 11.6 Å². The van der Waals surface area contributed by atoms with Crippen molar-refractivity contribution in [3.05, 3.63) is 53.2 Å². The minimum atomic E-state index is -0.00752. The fourth-order valence-electron chi connectivity index (χ4n) is 2.12. The van der Waals surface area contributed by atoms with E-state index in [1.807, 2.05) is 31.2 Å². The van der Waals surface area contributed by atoms with Crippen LogP contribution in [0, 0.1) is 6.92 Å². The highest BCUT2D eigenvalue weighted by atomic mass is 32.1. The van der Waals surface area contributed by atoms with Gasteiger partial charge in [0, 0.05) is 22.9 Å². The molecular formula is C17H20N2OS. The summed E-state index contributed by atoms with van der Waals surface area (Å²) in [5.74, 6) is 1.31. The van der Waals surface area contributed by atoms with E-state index in [0.29, 0.717) is 10.9 Å². The van der Waals surface area contributed by atoms with Gasteiger partial charge in [0.15, 0.2) is 0 Å². The summed E-state index contributed by atoms with van der Waals surface area (Å²) in [5, 5.41) is 0. The van der Waals surface area contributed by atoms with Crippen molar-refractivity contribution in [2.75, 3.05) is 0 Å². The van der Waals surface area contributed by atoms with Crippen molar-refractivity contribution in [1.82, 2.24) is 4.98 Å². The first-order valence-electron chi connectivity index (χ1n) is 6.83. The normalized spacial score (nSPS) is 11.2. The third-order valence-corrected chi connectivity index (χ3v) is 3.36. The zero-order valence-electron chi connectivity index (χ0n) is 12.8. The monoisotopic (exact) mass is 300 g/mol. The molecule has 110 valence electrons. The molecule has 1 aromatic heterocycles. The van der Waals surface area contributed by atoms with E-state index in [-0.39, 0.29) is 5.41 Å². The SMILES string of the molecule is Cc1cc(C(N)=S)cc(Oc2ccccc2C(C)(C)C)n1. The summed E-state index contributed by atoms with van der Waals surface area (Å²) in [6.07, 6.45) is 0. The number of ether oxygens (including phenoxy) is 1. The van der Waals surface area contributed by atoms with Gasteiger partial charge in [0.2, 0.25) is 5.88 Å². The molecule has 21 heavy (non-hydrogen) atoms. The summed E-state index contributed by atoms with van der Waals surface area (Å²) >= 11 is 5.03. The average Bonchev–Trinajstić information content (AvgIpc) is 2.37. The molecule has 2 N–H and O–H groups in total. The summed E-state index contributed by atoms with van der Waals surface area (Å²) in [6.45, 7) is 8.35. The maximum Gasteiger partial charge on any atom is 0.220 e. The predicted molar refractivity (Wildman–Crippen MR) is 90.1 cm³/mol. The summed E-state index contributed by atoms with van der Waals surface area (Å²) in [7, 11) is 0. The van der Waals surface area contributed by atoms with E-state index in [1.54, 1.807) is 6.07 Å². The van der Waals surface area contributed by atoms with Gasteiger partial charge < -0.3 is 10.5 Å². The highest BCUT2D eigenvalue weighted by Crippen LogP contribution is 2.33. The zero-order valence-corrected chi connectivity index (χ0v) is 13.6. The molecule has 3 nitrogen and oxygen atoms in total. The van der Waals surface area contributed by atoms with Gasteiger partial charge in [-0.15, -0.1) is 0 Å². The van der Waals surface area contributed by atoms with Crippen molar-refractivity contribution in [2.45, 2.75) is 33.1 Å². The smallest absolute Gasteiger partial charge is 0.220 e. The molecule has 0 bridgehead atoms. The molecule has 0 unspecified atom stereocenters. The van der Waals surface area contributed by atoms with Gasteiger partial charge in [-0.3, -0.25) is 0 Å². The Morgan fingerprint density at radius 1 is 1.19 bits per heavy atom. The first-order valence-corrected chi connectivity index (χ1v) is 7.24. The second-order valence-corrected chi connectivity index (χ2v) is 6.49. The third-order valence-electron chi connectivity index (χ3n) is 3.12. The third kappa shape index (κ3) is 3.79. The lowest BCUT2D eigenvalue weighted by Gasteiger charge is -2.22. The van der Waals surface area contributed by atoms with Crippen LogP contribution in [-0.2, 0) is 5.41 Å². The van der Waals surface area contributed by atoms with Crippen molar-refractivity contribution >= 4 is 17.2 Å². The summed E-state index contributed by atoms with van der Waals surface area (Å²) in [5.41, 5.74) is 8.40. The van der Waals surface area contributed by atoms with E-state index in [0.717, 1.165) is 22.6 Å². The number of nitrogens with zero attached hydrogens (tertiary/aromatic N) is 1. The second-order valence-electron chi connectivity index (χ2n) is 6.05. The molecule has 4 heteroatoms. The van der Waals surface area contributed by atoms with E-state index in [4.69, 9.17) is 22.7 Å². The lowest BCUT2D eigenvalue weighted by molar-refractivity contribution is 0.439. The number of aryl methyl sites for hydroxylation is 1. The maximum atomic E-state index is 5.98. The number of aromatic nitrogens is 1. The van der Waals surface area contributed by atoms with Crippen molar-refractivity contribution < 1.29 is 4.74 Å². The van der Waals surface area contributed by atoms with Crippen LogP contribution < -0.4 is 10.5 Å². The Morgan fingerprint density at radius 2 is 1.86 bits per heavy atom. The lowest BCUT2D eigenvalue weighted by atomic mass is 9.86. The van der Waals surface area contributed by atoms with Crippen molar-refractivity contribution in [3.63, 3.8) is 0 Å². The Kier molecular flexibility index (Phi) is 4.28. The van der Waals surface area contributed by atoms with Crippen LogP contribution in [0.1, 0.15) is 37.6 Å². The van der Waals surface area contributed by atoms with E-state index in [2.05, 4.69) is 31.8 Å². The Morgan fingerprint density at radius 3 is 2.48 bits per heavy atom. The molecule has 0 aliphatic heterocycles. The van der Waals surface area contributed by atoms with Gasteiger partial charge in [0.1, 0.15) is 10.7 Å². The first-order chi connectivity index (χ1) is 9.77. The van der Waals surface area contributed by atoms with E-state index < -0.39 is 0 Å². The van der Waals surface area contributed by atoms with Crippen LogP contribution >= 0.6 is 12.2 Å². The molecule has 0 saturated carbocycles. The minimum Gasteiger partial charge on any atom is -0.439 e. The topological polar surface area (TPSA) is 48.1 Å². The van der Waals surface area contributed by atoms with Crippen LogP contribution in [-0.4, -0.2) is 9.97 Å². The molecule has 1 heterocycles. The van der Waals surface area contributed by atoms with Gasteiger partial charge >= 0.3 is 0 Å². The number of para-hydroxylation sites is 1. The quantitative estimate of drug-likeness (QED) is 0.866. The molecule has 0 fully saturated rings. The van der Waals surface area contributed by atoms with Gasteiger partial charge in [-0.25, -0.2) is 4.98 Å². The van der Waals surface area contributed by atoms with Gasteiger partial charge in [-0.2, -0.15) is 0 Å². The maximum absolute atomic E-state index is 5.98. The van der Waals surface area contributed by atoms with Crippen LogP contribution in [0.4, 0.5) is 0 Å². The number of nitrogens with two attached hydrogens (primary N) is 1. The van der Waals surface area contributed by atoms with Crippen molar-refractivity contribution in [1.29, 1.82) is 0 Å². The molecule has 0 spiro atoms. The average molecular weight is 300 g/mol. The summed E-state index contributed by atoms with van der Waals surface area (Å²) in [6, 6.07) is 11.6. The van der Waals surface area contributed by atoms with Gasteiger partial charge in [0.05, 0.1) is 0 Å². The molecular weight excluding hydrogens is 280 g/mol. The van der Waals surface area contributed by atoms with Crippen LogP contribution in [0.3, 0.4) is 0 Å². The van der Waals surface area contributed by atoms with E-state index in [9.17, 15) is 0 Å². The number of hydrogen-bond donors (Lipinski definition) is 1. The van der Waals surface area contributed by atoms with Crippen LogP contribution in [0.25, 0.3) is 0 Å². The van der Waals surface area contributed by atoms with Gasteiger partial charge in [-0.1, -0.05) is 51.2 Å². The number of rotatable bonds is 3. The van der Waals surface area contributed by atoms with Crippen molar-refractivity contribution in [2.24, 2.45) is 5.73 Å². The highest BCUT2D eigenvalue weighted by Gasteiger charge is 2.19. The Bertz CT molecular complexity index is 675. The van der Waals surface area contributed by atoms with Crippen molar-refractivity contribution in [3.8, 4) is 11.6 Å². The lowest BCUT2D eigenvalue weighted by Crippen LogP contribution is -2.13. The Labute approximate surface area is 131 Å². The largest absolute Gasteiger partial charge is 0.439 e. The summed E-state index contributed by atoms with van der Waals surface area (Å²) in [4.78, 5) is 4.74. The standard InChI is InChI=1S/C17H20N2OS/c1-11-9-12(16(18)21)10-15(19-11)20-14-8-6-5-7-13(14)17(2,3)4/h5-10H,1-4H3,(H2,18,21). The molecule has 1 aromatic carbocycles. The molecule has 0 aliphatic carbocycles. The number of pyridine rings is 1. The number of benzene rings is 1. The highest BCUT2D eigenvalue weighted by molar-refractivity contribution is 7.80. The molecule has 2 rings (SSSR count). The van der Waals surface area contributed by atoms with E-state index >= 15 is 0 Å².